The van der Waals surface area contributed by atoms with Crippen molar-refractivity contribution < 1.29 is 9.42 Å². The highest BCUT2D eigenvalue weighted by atomic mass is 16.6. The molecule has 9 heteroatoms. The van der Waals surface area contributed by atoms with Crippen molar-refractivity contribution in [2.24, 2.45) is 0 Å². The molecule has 1 unspecified atom stereocenters. The van der Waals surface area contributed by atoms with E-state index in [2.05, 4.69) is 25.5 Å². The molecule has 0 saturated carbocycles. The second-order valence-electron chi connectivity index (χ2n) is 6.98. The van der Waals surface area contributed by atoms with E-state index in [1.165, 1.54) is 0 Å². The van der Waals surface area contributed by atoms with E-state index in [0.717, 1.165) is 29.9 Å². The predicted octanol–water partition coefficient (Wildman–Crippen LogP) is 3.27. The third kappa shape index (κ3) is 2.44. The third-order valence-electron chi connectivity index (χ3n) is 5.35. The lowest BCUT2D eigenvalue weighted by atomic mass is 10.1. The largest absolute Gasteiger partial charge is 0.347 e. The fraction of sp³-hybridized carbons (Fsp3) is 0.150. The topological polar surface area (TPSA) is 100 Å². The molecule has 0 bridgehead atoms. The molecule has 6 rings (SSSR count). The van der Waals surface area contributed by atoms with Gasteiger partial charge in [0.15, 0.2) is 5.82 Å². The number of carbonyl (C=O) groups is 1. The first-order chi connectivity index (χ1) is 14.3. The van der Waals surface area contributed by atoms with Gasteiger partial charge in [0, 0.05) is 24.7 Å². The van der Waals surface area contributed by atoms with Gasteiger partial charge in [0.05, 0.1) is 11.4 Å². The summed E-state index contributed by atoms with van der Waals surface area (Å²) in [5.74, 6) is 1.16. The van der Waals surface area contributed by atoms with Crippen LogP contribution in [0.2, 0.25) is 0 Å². The highest BCUT2D eigenvalue weighted by Crippen LogP contribution is 2.45. The van der Waals surface area contributed by atoms with Crippen molar-refractivity contribution in [1.29, 1.82) is 0 Å². The molecule has 2 aliphatic heterocycles. The minimum Gasteiger partial charge on any atom is -0.347 e. The number of hydrogen-bond donors (Lipinski definition) is 1. The number of urea groups is 1. The number of benzene rings is 1. The quantitative estimate of drug-likeness (QED) is 0.565. The average Bonchev–Trinajstić information content (AvgIpc) is 3.27. The van der Waals surface area contributed by atoms with E-state index in [-0.39, 0.29) is 12.2 Å². The summed E-state index contributed by atoms with van der Waals surface area (Å²) in [6, 6.07) is 14.8. The van der Waals surface area contributed by atoms with E-state index in [9.17, 15) is 4.79 Å². The molecule has 1 atom stereocenters. The molecule has 3 aromatic heterocycles. The van der Waals surface area contributed by atoms with Crippen LogP contribution in [0, 0.1) is 0 Å². The summed E-state index contributed by atoms with van der Waals surface area (Å²) < 4.78 is 4.78. The van der Waals surface area contributed by atoms with Crippen molar-refractivity contribution >= 4 is 34.4 Å². The van der Waals surface area contributed by atoms with Crippen molar-refractivity contribution in [1.82, 2.24) is 20.3 Å². The molecule has 2 aliphatic rings. The van der Waals surface area contributed by atoms with Gasteiger partial charge in [-0.3, -0.25) is 10.2 Å². The van der Waals surface area contributed by atoms with Crippen LogP contribution in [0.15, 0.2) is 59.4 Å². The number of nitrogens with zero attached hydrogens (tertiary/aromatic N) is 6. The molecule has 142 valence electrons. The summed E-state index contributed by atoms with van der Waals surface area (Å²) in [4.78, 5) is 25.9. The molecule has 9 nitrogen and oxygen atoms in total. The number of carbonyl (C=O) groups excluding carboxylic acids is 1. The van der Waals surface area contributed by atoms with Gasteiger partial charge in [0.25, 0.3) is 0 Å². The Hall–Kier alpha value is -4.01. The number of fused-ring (bicyclic) bond motifs is 4. The molecule has 5 heterocycles. The third-order valence-corrected chi connectivity index (χ3v) is 5.35. The SMILES string of the molecule is O=C(Nc1ccccn1)N1c2nc(-c3ccc4nonc4c3)ccc2N2CCC21. The standard InChI is InChI=1S/C20H15N7O2/c28-20(23-17-3-1-2-9-21-17)27-18-8-10-26(18)16-7-6-13(22-19(16)27)12-4-5-14-15(11-12)25-29-24-14/h1-7,9,11,18H,8,10H2,(H,21,23,28). The van der Waals surface area contributed by atoms with E-state index in [0.29, 0.717) is 22.7 Å². The van der Waals surface area contributed by atoms with Crippen LogP contribution in [0.25, 0.3) is 22.3 Å². The van der Waals surface area contributed by atoms with E-state index in [1.54, 1.807) is 17.2 Å². The molecular formula is C20H15N7O2. The van der Waals surface area contributed by atoms with Crippen LogP contribution in [0.1, 0.15) is 6.42 Å². The van der Waals surface area contributed by atoms with Crippen molar-refractivity contribution in [2.75, 3.05) is 21.7 Å². The van der Waals surface area contributed by atoms with Crippen molar-refractivity contribution in [3.8, 4) is 11.3 Å². The van der Waals surface area contributed by atoms with Crippen molar-refractivity contribution in [3.05, 3.63) is 54.7 Å². The zero-order chi connectivity index (χ0) is 19.4. The number of anilines is 3. The monoisotopic (exact) mass is 385 g/mol. The van der Waals surface area contributed by atoms with Gasteiger partial charge in [-0.05, 0) is 46.7 Å². The molecule has 1 saturated heterocycles. The van der Waals surface area contributed by atoms with Crippen LogP contribution in [0.5, 0.6) is 0 Å². The Morgan fingerprint density at radius 2 is 2.03 bits per heavy atom. The Morgan fingerprint density at radius 1 is 1.10 bits per heavy atom. The Labute approximate surface area is 164 Å². The van der Waals surface area contributed by atoms with Crippen LogP contribution in [0.3, 0.4) is 0 Å². The molecule has 0 aliphatic carbocycles. The Kier molecular flexibility index (Phi) is 3.31. The average molecular weight is 385 g/mol. The molecule has 1 fully saturated rings. The number of rotatable bonds is 2. The van der Waals surface area contributed by atoms with Gasteiger partial charge >= 0.3 is 6.03 Å². The van der Waals surface area contributed by atoms with Crippen molar-refractivity contribution in [2.45, 2.75) is 12.6 Å². The Morgan fingerprint density at radius 3 is 2.86 bits per heavy atom. The van der Waals surface area contributed by atoms with E-state index < -0.39 is 0 Å². The first-order valence-electron chi connectivity index (χ1n) is 9.29. The highest BCUT2D eigenvalue weighted by Gasteiger charge is 2.46. The van der Waals surface area contributed by atoms with Crippen molar-refractivity contribution in [3.63, 3.8) is 0 Å². The number of hydrogen-bond acceptors (Lipinski definition) is 7. The number of pyridine rings is 2. The number of nitrogens with one attached hydrogen (secondary N) is 1. The summed E-state index contributed by atoms with van der Waals surface area (Å²) in [5, 5.41) is 10.6. The predicted molar refractivity (Wildman–Crippen MR) is 107 cm³/mol. The van der Waals surface area contributed by atoms with Crippen LogP contribution in [0.4, 0.5) is 22.1 Å². The van der Waals surface area contributed by atoms with Gasteiger partial charge in [-0.25, -0.2) is 19.4 Å². The summed E-state index contributed by atoms with van der Waals surface area (Å²) in [6.07, 6.45) is 2.53. The zero-order valence-corrected chi connectivity index (χ0v) is 15.2. The molecule has 1 aromatic carbocycles. The lowest BCUT2D eigenvalue weighted by Crippen LogP contribution is -2.56. The minimum atomic E-state index is -0.238. The van der Waals surface area contributed by atoms with E-state index in [1.807, 2.05) is 42.5 Å². The van der Waals surface area contributed by atoms with E-state index >= 15 is 0 Å². The second-order valence-corrected chi connectivity index (χ2v) is 6.98. The molecule has 29 heavy (non-hydrogen) atoms. The lowest BCUT2D eigenvalue weighted by Gasteiger charge is -2.39. The summed E-state index contributed by atoms with van der Waals surface area (Å²) in [5.41, 5.74) is 3.96. The van der Waals surface area contributed by atoms with Gasteiger partial charge in [-0.15, -0.1) is 0 Å². The fourth-order valence-corrected chi connectivity index (χ4v) is 3.85. The summed E-state index contributed by atoms with van der Waals surface area (Å²) in [7, 11) is 0. The molecule has 0 radical (unpaired) electrons. The normalized spacial score (nSPS) is 17.0. The maximum absolute atomic E-state index is 13.0. The number of amides is 2. The van der Waals surface area contributed by atoms with Crippen LogP contribution in [-0.2, 0) is 0 Å². The molecule has 0 spiro atoms. The lowest BCUT2D eigenvalue weighted by molar-refractivity contribution is 0.252. The summed E-state index contributed by atoms with van der Waals surface area (Å²) in [6.45, 7) is 0.905. The van der Waals surface area contributed by atoms with Gasteiger partial charge < -0.3 is 4.90 Å². The summed E-state index contributed by atoms with van der Waals surface area (Å²) >= 11 is 0. The second kappa shape index (κ2) is 5.99. The maximum Gasteiger partial charge on any atom is 0.330 e. The Bertz CT molecular complexity index is 1240. The molecule has 4 aromatic rings. The van der Waals surface area contributed by atoms with Gasteiger partial charge in [-0.2, -0.15) is 0 Å². The fourth-order valence-electron chi connectivity index (χ4n) is 3.85. The molecule has 1 N–H and O–H groups in total. The maximum atomic E-state index is 13.0. The van der Waals surface area contributed by atoms with Crippen LogP contribution < -0.4 is 15.1 Å². The smallest absolute Gasteiger partial charge is 0.330 e. The first kappa shape index (κ1) is 16.0. The van der Waals surface area contributed by atoms with Crippen LogP contribution >= 0.6 is 0 Å². The molecule has 2 amide bonds. The highest BCUT2D eigenvalue weighted by molar-refractivity contribution is 6.06. The Balaban J connectivity index is 1.39. The van der Waals surface area contributed by atoms with Gasteiger partial charge in [0.2, 0.25) is 0 Å². The zero-order valence-electron chi connectivity index (χ0n) is 15.2. The van der Waals surface area contributed by atoms with E-state index in [4.69, 9.17) is 9.61 Å². The molecular weight excluding hydrogens is 370 g/mol. The minimum absolute atomic E-state index is 0.0151. The van der Waals surface area contributed by atoms with Gasteiger partial charge in [-0.1, -0.05) is 12.1 Å². The number of aromatic nitrogens is 4. The first-order valence-corrected chi connectivity index (χ1v) is 9.29. The van der Waals surface area contributed by atoms with Gasteiger partial charge in [0.1, 0.15) is 23.0 Å². The van der Waals surface area contributed by atoms with Crippen LogP contribution in [-0.4, -0.2) is 39.0 Å².